The van der Waals surface area contributed by atoms with E-state index >= 15 is 0 Å². The highest BCUT2D eigenvalue weighted by Gasteiger charge is 2.24. The highest BCUT2D eigenvalue weighted by molar-refractivity contribution is 6.34. The predicted molar refractivity (Wildman–Crippen MR) is 107 cm³/mol. The number of halogens is 1. The molecule has 3 rings (SSSR count). The number of anilines is 2. The maximum Gasteiger partial charge on any atom is 0.251 e. The number of amides is 3. The van der Waals surface area contributed by atoms with E-state index in [1.807, 2.05) is 6.92 Å². The standard InChI is InChI=1S/C19H22ClN5O3/c1-11-18(12(2)24(3)23-11)22-16(26)10-21-19(28)13-6-7-14(20)15(9-13)25-8-4-5-17(25)27/h6-7,9H,4-5,8,10H2,1-3H3,(H,21,28)(H,22,26). The van der Waals surface area contributed by atoms with Crippen LogP contribution in [0.4, 0.5) is 11.4 Å². The zero-order valence-electron chi connectivity index (χ0n) is 16.0. The van der Waals surface area contributed by atoms with Crippen molar-refractivity contribution in [2.75, 3.05) is 23.3 Å². The number of benzene rings is 1. The second-order valence-corrected chi connectivity index (χ2v) is 7.12. The smallest absolute Gasteiger partial charge is 0.251 e. The fourth-order valence-electron chi connectivity index (χ4n) is 3.16. The Hall–Kier alpha value is -2.87. The number of aryl methyl sites for hydroxylation is 2. The molecule has 28 heavy (non-hydrogen) atoms. The van der Waals surface area contributed by atoms with Gasteiger partial charge >= 0.3 is 0 Å². The van der Waals surface area contributed by atoms with Gasteiger partial charge < -0.3 is 15.5 Å². The summed E-state index contributed by atoms with van der Waals surface area (Å²) in [6.07, 6.45) is 1.24. The molecule has 1 saturated heterocycles. The van der Waals surface area contributed by atoms with E-state index in [0.29, 0.717) is 40.6 Å². The lowest BCUT2D eigenvalue weighted by Crippen LogP contribution is -2.33. The molecule has 2 heterocycles. The van der Waals surface area contributed by atoms with Crippen molar-refractivity contribution in [1.82, 2.24) is 15.1 Å². The maximum absolute atomic E-state index is 12.4. The number of carbonyl (C=O) groups excluding carboxylic acids is 3. The van der Waals surface area contributed by atoms with Gasteiger partial charge in [-0.2, -0.15) is 5.10 Å². The van der Waals surface area contributed by atoms with Crippen LogP contribution in [-0.2, 0) is 16.6 Å². The molecule has 3 amide bonds. The quantitative estimate of drug-likeness (QED) is 0.799. The van der Waals surface area contributed by atoms with Gasteiger partial charge in [-0.25, -0.2) is 0 Å². The van der Waals surface area contributed by atoms with Crippen molar-refractivity contribution in [3.05, 3.63) is 40.2 Å². The minimum Gasteiger partial charge on any atom is -0.343 e. The van der Waals surface area contributed by atoms with Crippen LogP contribution in [0.2, 0.25) is 5.02 Å². The van der Waals surface area contributed by atoms with E-state index in [9.17, 15) is 14.4 Å². The minimum atomic E-state index is -0.417. The number of aromatic nitrogens is 2. The van der Waals surface area contributed by atoms with Crippen LogP contribution in [0.3, 0.4) is 0 Å². The van der Waals surface area contributed by atoms with Gasteiger partial charge in [0.1, 0.15) is 0 Å². The second kappa shape index (κ2) is 8.02. The van der Waals surface area contributed by atoms with Crippen LogP contribution >= 0.6 is 11.6 Å². The van der Waals surface area contributed by atoms with Crippen LogP contribution < -0.4 is 15.5 Å². The lowest BCUT2D eigenvalue weighted by atomic mass is 10.1. The van der Waals surface area contributed by atoms with Crippen LogP contribution in [0.25, 0.3) is 0 Å². The van der Waals surface area contributed by atoms with Gasteiger partial charge in [0.2, 0.25) is 11.8 Å². The Morgan fingerprint density at radius 1 is 1.29 bits per heavy atom. The number of hydrogen-bond acceptors (Lipinski definition) is 4. The Balaban J connectivity index is 1.65. The predicted octanol–water partition coefficient (Wildman–Crippen LogP) is 2.19. The van der Waals surface area contributed by atoms with Gasteiger partial charge in [0.05, 0.1) is 34.3 Å². The molecule has 9 heteroatoms. The van der Waals surface area contributed by atoms with Gasteiger partial charge in [0, 0.05) is 25.6 Å². The molecule has 0 atom stereocenters. The van der Waals surface area contributed by atoms with Crippen molar-refractivity contribution in [1.29, 1.82) is 0 Å². The molecule has 0 radical (unpaired) electrons. The number of nitrogens with zero attached hydrogens (tertiary/aromatic N) is 3. The fourth-order valence-corrected chi connectivity index (χ4v) is 3.38. The van der Waals surface area contributed by atoms with Gasteiger partial charge in [0.25, 0.3) is 5.91 Å². The van der Waals surface area contributed by atoms with E-state index in [2.05, 4.69) is 15.7 Å². The molecule has 1 aromatic heterocycles. The van der Waals surface area contributed by atoms with Crippen LogP contribution in [0, 0.1) is 13.8 Å². The molecule has 2 aromatic rings. The number of hydrogen-bond donors (Lipinski definition) is 2. The van der Waals surface area contributed by atoms with E-state index in [1.54, 1.807) is 41.8 Å². The highest BCUT2D eigenvalue weighted by atomic mass is 35.5. The minimum absolute atomic E-state index is 0.0129. The van der Waals surface area contributed by atoms with E-state index in [4.69, 9.17) is 11.6 Å². The highest BCUT2D eigenvalue weighted by Crippen LogP contribution is 2.30. The van der Waals surface area contributed by atoms with Gasteiger partial charge in [-0.1, -0.05) is 11.6 Å². The third-order valence-electron chi connectivity index (χ3n) is 4.76. The summed E-state index contributed by atoms with van der Waals surface area (Å²) >= 11 is 6.20. The first-order valence-corrected chi connectivity index (χ1v) is 9.34. The number of carbonyl (C=O) groups is 3. The van der Waals surface area contributed by atoms with Gasteiger partial charge in [-0.05, 0) is 38.5 Å². The molecule has 0 bridgehead atoms. The summed E-state index contributed by atoms with van der Waals surface area (Å²) < 4.78 is 1.68. The maximum atomic E-state index is 12.4. The third-order valence-corrected chi connectivity index (χ3v) is 5.08. The molecule has 0 spiro atoms. The van der Waals surface area contributed by atoms with E-state index in [0.717, 1.165) is 12.1 Å². The summed E-state index contributed by atoms with van der Waals surface area (Å²) in [4.78, 5) is 38.2. The van der Waals surface area contributed by atoms with E-state index in [-0.39, 0.29) is 18.4 Å². The lowest BCUT2D eigenvalue weighted by molar-refractivity contribution is -0.117. The molecule has 2 N–H and O–H groups in total. The molecule has 148 valence electrons. The average Bonchev–Trinajstić information content (AvgIpc) is 3.18. The zero-order valence-corrected chi connectivity index (χ0v) is 16.8. The summed E-state index contributed by atoms with van der Waals surface area (Å²) in [6, 6.07) is 4.73. The summed E-state index contributed by atoms with van der Waals surface area (Å²) in [5.74, 6) is -0.781. The average molecular weight is 404 g/mol. The molecule has 8 nitrogen and oxygen atoms in total. The molecule has 0 unspecified atom stereocenters. The van der Waals surface area contributed by atoms with Crippen LogP contribution in [0.5, 0.6) is 0 Å². The largest absolute Gasteiger partial charge is 0.343 e. The molecule has 1 fully saturated rings. The van der Waals surface area contributed by atoms with Crippen molar-refractivity contribution >= 4 is 40.7 Å². The fraction of sp³-hybridized carbons (Fsp3) is 0.368. The Morgan fingerprint density at radius 3 is 2.64 bits per heavy atom. The van der Waals surface area contributed by atoms with Crippen LogP contribution in [-0.4, -0.2) is 40.6 Å². The first kappa shape index (κ1) is 19.9. The van der Waals surface area contributed by atoms with Gasteiger partial charge in [-0.15, -0.1) is 0 Å². The van der Waals surface area contributed by atoms with E-state index in [1.165, 1.54) is 0 Å². The molecular weight excluding hydrogens is 382 g/mol. The summed E-state index contributed by atoms with van der Waals surface area (Å²) in [5, 5.41) is 10.0. The molecule has 0 saturated carbocycles. The van der Waals surface area contributed by atoms with Crippen molar-refractivity contribution in [3.63, 3.8) is 0 Å². The van der Waals surface area contributed by atoms with Crippen LogP contribution in [0.15, 0.2) is 18.2 Å². The normalized spacial score (nSPS) is 13.7. The summed E-state index contributed by atoms with van der Waals surface area (Å²) in [6.45, 7) is 4.04. The van der Waals surface area contributed by atoms with Crippen molar-refractivity contribution in [2.45, 2.75) is 26.7 Å². The van der Waals surface area contributed by atoms with Gasteiger partial charge in [0.15, 0.2) is 0 Å². The molecule has 1 aliphatic heterocycles. The van der Waals surface area contributed by atoms with Crippen molar-refractivity contribution in [3.8, 4) is 0 Å². The number of nitrogens with one attached hydrogen (secondary N) is 2. The van der Waals surface area contributed by atoms with Crippen molar-refractivity contribution < 1.29 is 14.4 Å². The topological polar surface area (TPSA) is 96.3 Å². The van der Waals surface area contributed by atoms with Gasteiger partial charge in [-0.3, -0.25) is 19.1 Å². The lowest BCUT2D eigenvalue weighted by Gasteiger charge is -2.18. The zero-order chi connectivity index (χ0) is 20.4. The molecule has 1 aromatic carbocycles. The van der Waals surface area contributed by atoms with E-state index < -0.39 is 5.91 Å². The molecule has 1 aliphatic rings. The second-order valence-electron chi connectivity index (χ2n) is 6.72. The SMILES string of the molecule is Cc1nn(C)c(C)c1NC(=O)CNC(=O)c1ccc(Cl)c(N2CCCC2=O)c1. The Morgan fingerprint density at radius 2 is 2.04 bits per heavy atom. The first-order valence-electron chi connectivity index (χ1n) is 8.96. The Labute approximate surface area is 167 Å². The summed E-state index contributed by atoms with van der Waals surface area (Å²) in [5.41, 5.74) is 3.03. The Kier molecular flexibility index (Phi) is 5.69. The van der Waals surface area contributed by atoms with Crippen molar-refractivity contribution in [2.24, 2.45) is 7.05 Å². The summed E-state index contributed by atoms with van der Waals surface area (Å²) in [7, 11) is 1.79. The number of rotatable bonds is 5. The monoisotopic (exact) mass is 403 g/mol. The molecule has 0 aliphatic carbocycles. The Bertz CT molecular complexity index is 953. The van der Waals surface area contributed by atoms with Crippen LogP contribution in [0.1, 0.15) is 34.6 Å². The third kappa shape index (κ3) is 4.01. The first-order chi connectivity index (χ1) is 13.3. The molecular formula is C19H22ClN5O3.